The summed E-state index contributed by atoms with van der Waals surface area (Å²) in [4.78, 5) is 21.5. The van der Waals surface area contributed by atoms with Gasteiger partial charge in [-0.15, -0.1) is 0 Å². The molecule has 1 aliphatic rings. The Balaban J connectivity index is 1.45. The summed E-state index contributed by atoms with van der Waals surface area (Å²) in [6.07, 6.45) is 8.05. The Hall–Kier alpha value is -3.02. The van der Waals surface area contributed by atoms with Crippen LogP contribution in [0.25, 0.3) is 11.4 Å². The fraction of sp³-hybridized carbons (Fsp3) is 0.333. The smallest absolute Gasteiger partial charge is 0.228 e. The first-order chi connectivity index (χ1) is 13.3. The molecule has 6 heteroatoms. The average Bonchev–Trinajstić information content (AvgIpc) is 3.41. The first kappa shape index (κ1) is 17.4. The molecule has 0 radical (unpaired) electrons. The highest BCUT2D eigenvalue weighted by Crippen LogP contribution is 2.37. The lowest BCUT2D eigenvalue weighted by atomic mass is 9.84. The van der Waals surface area contributed by atoms with Gasteiger partial charge in [0.05, 0.1) is 12.5 Å². The maximum atomic E-state index is 13.0. The molecule has 2 N–H and O–H groups in total. The molecular weight excluding hydrogens is 338 g/mol. The van der Waals surface area contributed by atoms with Gasteiger partial charge >= 0.3 is 0 Å². The molecule has 1 saturated carbocycles. The van der Waals surface area contributed by atoms with Crippen molar-refractivity contribution in [2.24, 2.45) is 5.92 Å². The number of rotatable bonds is 6. The molecule has 1 aromatic carbocycles. The molecule has 1 fully saturated rings. The number of benzene rings is 1. The van der Waals surface area contributed by atoms with E-state index in [-0.39, 0.29) is 11.8 Å². The minimum atomic E-state index is -0.101. The Morgan fingerprint density at radius 3 is 2.59 bits per heavy atom. The number of hydrogen-bond acceptors (Lipinski definition) is 4. The number of nitrogens with one attached hydrogen (secondary N) is 2. The maximum absolute atomic E-state index is 13.0. The van der Waals surface area contributed by atoms with Gasteiger partial charge in [-0.05, 0) is 36.5 Å². The van der Waals surface area contributed by atoms with E-state index in [1.807, 2.05) is 30.3 Å². The van der Waals surface area contributed by atoms with E-state index in [1.165, 1.54) is 12.8 Å². The summed E-state index contributed by atoms with van der Waals surface area (Å²) in [5.41, 5.74) is 1.99. The van der Waals surface area contributed by atoms with Crippen LogP contribution >= 0.6 is 0 Å². The van der Waals surface area contributed by atoms with Crippen molar-refractivity contribution in [3.05, 3.63) is 66.2 Å². The van der Waals surface area contributed by atoms with Crippen LogP contribution < -0.4 is 5.32 Å². The molecule has 0 spiro atoms. The number of pyridine rings is 1. The molecule has 1 unspecified atom stereocenters. The third-order valence-electron chi connectivity index (χ3n) is 5.21. The van der Waals surface area contributed by atoms with Crippen LogP contribution in [0.3, 0.4) is 0 Å². The van der Waals surface area contributed by atoms with Gasteiger partial charge in [-0.25, -0.2) is 4.98 Å². The van der Waals surface area contributed by atoms with Crippen molar-refractivity contribution in [1.82, 2.24) is 25.5 Å². The monoisotopic (exact) mass is 361 g/mol. The van der Waals surface area contributed by atoms with Crippen molar-refractivity contribution in [1.29, 1.82) is 0 Å². The quantitative estimate of drug-likeness (QED) is 0.704. The molecule has 2 aromatic heterocycles. The van der Waals surface area contributed by atoms with Crippen LogP contribution in [0.4, 0.5) is 0 Å². The number of aromatic amines is 1. The van der Waals surface area contributed by atoms with Crippen LogP contribution in [-0.4, -0.2) is 26.1 Å². The van der Waals surface area contributed by atoms with Crippen molar-refractivity contribution in [2.75, 3.05) is 0 Å². The lowest BCUT2D eigenvalue weighted by Crippen LogP contribution is -2.32. The molecule has 6 nitrogen and oxygen atoms in total. The summed E-state index contributed by atoms with van der Waals surface area (Å²) in [5, 5.41) is 10.2. The topological polar surface area (TPSA) is 83.6 Å². The third-order valence-corrected chi connectivity index (χ3v) is 5.21. The van der Waals surface area contributed by atoms with E-state index >= 15 is 0 Å². The zero-order valence-electron chi connectivity index (χ0n) is 15.1. The highest BCUT2D eigenvalue weighted by atomic mass is 16.1. The van der Waals surface area contributed by atoms with Gasteiger partial charge in [-0.2, -0.15) is 5.10 Å². The Morgan fingerprint density at radius 1 is 1.11 bits per heavy atom. The summed E-state index contributed by atoms with van der Waals surface area (Å²) < 4.78 is 0. The molecule has 0 bridgehead atoms. The number of amides is 1. The van der Waals surface area contributed by atoms with Crippen molar-refractivity contribution in [3.8, 4) is 11.4 Å². The molecule has 138 valence electrons. The number of aromatic nitrogens is 4. The van der Waals surface area contributed by atoms with Gasteiger partial charge in [0, 0.05) is 18.0 Å². The molecule has 2 heterocycles. The van der Waals surface area contributed by atoms with Gasteiger partial charge in [-0.3, -0.25) is 14.9 Å². The van der Waals surface area contributed by atoms with Gasteiger partial charge in [0.2, 0.25) is 5.91 Å². The average molecular weight is 361 g/mol. The lowest BCUT2D eigenvalue weighted by Gasteiger charge is -2.23. The fourth-order valence-electron chi connectivity index (χ4n) is 3.87. The normalized spacial score (nSPS) is 15.6. The van der Waals surface area contributed by atoms with E-state index < -0.39 is 0 Å². The Bertz CT molecular complexity index is 872. The van der Waals surface area contributed by atoms with E-state index in [0.29, 0.717) is 24.1 Å². The molecule has 0 saturated heterocycles. The Morgan fingerprint density at radius 2 is 1.85 bits per heavy atom. The first-order valence-electron chi connectivity index (χ1n) is 9.45. The maximum Gasteiger partial charge on any atom is 0.228 e. The molecule has 0 aliphatic heterocycles. The Kier molecular flexibility index (Phi) is 5.23. The second-order valence-electron chi connectivity index (χ2n) is 6.99. The lowest BCUT2D eigenvalue weighted by molar-refractivity contribution is -0.124. The largest absolute Gasteiger partial charge is 0.348 e. The van der Waals surface area contributed by atoms with Crippen LogP contribution in [-0.2, 0) is 11.3 Å². The molecule has 1 amide bonds. The van der Waals surface area contributed by atoms with E-state index in [9.17, 15) is 4.79 Å². The summed E-state index contributed by atoms with van der Waals surface area (Å²) in [6.45, 7) is 0.340. The highest BCUT2D eigenvalue weighted by Gasteiger charge is 2.31. The van der Waals surface area contributed by atoms with Crippen molar-refractivity contribution in [2.45, 2.75) is 38.1 Å². The Labute approximate surface area is 158 Å². The van der Waals surface area contributed by atoms with Crippen molar-refractivity contribution < 1.29 is 4.79 Å². The van der Waals surface area contributed by atoms with Gasteiger partial charge in [0.25, 0.3) is 0 Å². The van der Waals surface area contributed by atoms with Crippen LogP contribution in [0.15, 0.2) is 54.9 Å². The fourth-order valence-corrected chi connectivity index (χ4v) is 3.87. The molecule has 1 atom stereocenters. The SMILES string of the molecule is O=C(NCc1nc(-c2ccncc2)n[nH]1)C(c1ccccc1)C1CCCC1. The van der Waals surface area contributed by atoms with E-state index in [1.54, 1.807) is 12.4 Å². The van der Waals surface area contributed by atoms with Crippen LogP contribution in [0.5, 0.6) is 0 Å². The molecule has 27 heavy (non-hydrogen) atoms. The molecular formula is C21H23N5O. The molecule has 4 rings (SSSR count). The van der Waals surface area contributed by atoms with Gasteiger partial charge < -0.3 is 5.32 Å². The standard InChI is InChI=1S/C21H23N5O/c27-21(19(16-8-4-5-9-16)15-6-2-1-3-7-15)23-14-18-24-20(26-25-18)17-10-12-22-13-11-17/h1-3,6-7,10-13,16,19H,4-5,8-9,14H2,(H,23,27)(H,24,25,26). The number of nitrogens with zero attached hydrogens (tertiary/aromatic N) is 3. The summed E-state index contributed by atoms with van der Waals surface area (Å²) in [7, 11) is 0. The van der Waals surface area contributed by atoms with Gasteiger partial charge in [0.1, 0.15) is 5.82 Å². The van der Waals surface area contributed by atoms with E-state index in [0.717, 1.165) is 24.0 Å². The number of carbonyl (C=O) groups is 1. The zero-order valence-corrected chi connectivity index (χ0v) is 15.1. The second kappa shape index (κ2) is 8.12. The summed E-state index contributed by atoms with van der Waals surface area (Å²) in [6, 6.07) is 13.8. The predicted octanol–water partition coefficient (Wildman–Crippen LogP) is 3.46. The van der Waals surface area contributed by atoms with Gasteiger partial charge in [0.15, 0.2) is 5.82 Å². The minimum Gasteiger partial charge on any atom is -0.348 e. The summed E-state index contributed by atoms with van der Waals surface area (Å²) in [5.74, 6) is 1.63. The van der Waals surface area contributed by atoms with Gasteiger partial charge in [-0.1, -0.05) is 43.2 Å². The van der Waals surface area contributed by atoms with Crippen molar-refractivity contribution in [3.63, 3.8) is 0 Å². The van der Waals surface area contributed by atoms with Crippen LogP contribution in [0.2, 0.25) is 0 Å². The zero-order chi connectivity index (χ0) is 18.5. The van der Waals surface area contributed by atoms with Crippen LogP contribution in [0, 0.1) is 5.92 Å². The number of hydrogen-bond donors (Lipinski definition) is 2. The minimum absolute atomic E-state index is 0.0648. The molecule has 1 aliphatic carbocycles. The summed E-state index contributed by atoms with van der Waals surface area (Å²) >= 11 is 0. The number of carbonyl (C=O) groups excluding carboxylic acids is 1. The number of H-pyrrole nitrogens is 1. The van der Waals surface area contributed by atoms with Crippen LogP contribution in [0.1, 0.15) is 43.0 Å². The second-order valence-corrected chi connectivity index (χ2v) is 6.99. The molecule has 3 aromatic rings. The van der Waals surface area contributed by atoms with E-state index in [2.05, 4.69) is 37.6 Å². The highest BCUT2D eigenvalue weighted by molar-refractivity contribution is 5.84. The van der Waals surface area contributed by atoms with E-state index in [4.69, 9.17) is 0 Å². The van der Waals surface area contributed by atoms with Crippen molar-refractivity contribution >= 4 is 5.91 Å². The third kappa shape index (κ3) is 4.05. The first-order valence-corrected chi connectivity index (χ1v) is 9.45. The predicted molar refractivity (Wildman–Crippen MR) is 103 cm³/mol.